The highest BCUT2D eigenvalue weighted by atomic mass is 16.7. The number of ketones is 1. The number of methoxy groups -OCH3 is 2. The van der Waals surface area contributed by atoms with Crippen molar-refractivity contribution in [1.82, 2.24) is 4.90 Å². The molecule has 0 bridgehead atoms. The van der Waals surface area contributed by atoms with Crippen LogP contribution in [0.1, 0.15) is 115 Å². The summed E-state index contributed by atoms with van der Waals surface area (Å²) in [4.78, 5) is 67.9. The molecule has 0 spiro atoms. The van der Waals surface area contributed by atoms with Crippen LogP contribution < -0.4 is 0 Å². The van der Waals surface area contributed by atoms with Crippen molar-refractivity contribution in [3.63, 3.8) is 0 Å². The molecule has 0 radical (unpaired) electrons. The number of carbonyl (C=O) groups excluding carboxylic acids is 5. The van der Waals surface area contributed by atoms with Crippen LogP contribution in [-0.2, 0) is 76.1 Å². The molecule has 3 fully saturated rings. The van der Waals surface area contributed by atoms with Gasteiger partial charge < -0.3 is 77.1 Å². The fraction of sp³-hybridized carbons (Fsp3) is 0.830. The molecular weight excluding hydrogens is 955 g/mol. The Morgan fingerprint density at radius 1 is 0.890 bits per heavy atom. The minimum absolute atomic E-state index is 0.0378. The van der Waals surface area contributed by atoms with Gasteiger partial charge in [-0.15, -0.1) is 0 Å². The first-order valence-electron chi connectivity index (χ1n) is 25.9. The first-order valence-corrected chi connectivity index (χ1v) is 25.9. The van der Waals surface area contributed by atoms with E-state index in [2.05, 4.69) is 0 Å². The number of aliphatic hydroxyl groups is 3. The predicted octanol–water partition coefficient (Wildman–Crippen LogP) is 4.00. The first kappa shape index (κ1) is 62.3. The summed E-state index contributed by atoms with van der Waals surface area (Å²) in [6.07, 6.45) is -8.67. The number of aldehydes is 1. The summed E-state index contributed by atoms with van der Waals surface area (Å²) in [5.41, 5.74) is -0.865. The van der Waals surface area contributed by atoms with Gasteiger partial charge in [0.15, 0.2) is 30.8 Å². The van der Waals surface area contributed by atoms with Crippen molar-refractivity contribution >= 4 is 30.0 Å². The van der Waals surface area contributed by atoms with Crippen molar-refractivity contribution in [2.75, 3.05) is 34.9 Å². The number of allylic oxidation sites excluding steroid dienone is 3. The molecule has 0 aromatic rings. The van der Waals surface area contributed by atoms with Crippen molar-refractivity contribution in [3.05, 3.63) is 23.8 Å². The van der Waals surface area contributed by atoms with Crippen molar-refractivity contribution < 1.29 is 91.4 Å². The van der Waals surface area contributed by atoms with Crippen LogP contribution in [0.4, 0.5) is 0 Å². The van der Waals surface area contributed by atoms with E-state index in [1.165, 1.54) is 27.2 Å². The molecule has 0 aromatic carbocycles. The van der Waals surface area contributed by atoms with Gasteiger partial charge in [0, 0.05) is 58.2 Å². The summed E-state index contributed by atoms with van der Waals surface area (Å²) < 4.78 is 67.2. The summed E-state index contributed by atoms with van der Waals surface area (Å²) in [6.45, 7) is 18.7. The standard InChI is InChI=1S/C53H87NO19/c1-16-38-36(26-65-52-49(64-15)48(63-14)44(60)31(7)67-52)22-28(4)17-18-37(57)29(5)23-35(19-20-55)46(30(6)39(69-34(10)56)24-41(59)70-38)73-51-45(61)43(54(12)13)47(32(8)68-51)72-42-25-53(11,62)50(33(9)66-42)71-40(58)21-27(2)3/h17-18,20,22,27,29-33,35-36,38-39,42-52,60-62H,16,19,21,23-26H2,1-15H3/b18-17+,28-22-/t29-,30+,31-,32-,33+,35+,36?,38-,39-,42+,43-,44-,45-,46-,47-,48-,49-,50+,51+,52-,53-/m1/s1. The molecule has 0 aliphatic carbocycles. The van der Waals surface area contributed by atoms with E-state index in [4.69, 9.17) is 52.1 Å². The molecule has 3 N–H and O–H groups in total. The first-order chi connectivity index (χ1) is 34.3. The number of hydrogen-bond acceptors (Lipinski definition) is 20. The summed E-state index contributed by atoms with van der Waals surface area (Å²) in [5, 5.41) is 34.6. The SMILES string of the molecule is CC[C@H]1OC(=O)C[C@@H](OC(C)=O)[C@H](C)[C@@H](O[C@@H]2O[C@H](C)[C@@H](O[C@H]3C[C@@](C)(O)[C@@H](OC(=O)CC(C)C)[C@H](C)O3)[C@H](N(C)C)[C@H]2O)[C@@H](CC=O)C[C@@H](C)C(=O)/C=C/C(C)=C\C1CO[C@@H]1O[C@H](C)[C@@H](O)[C@@H](OC)[C@H]1OC. The van der Waals surface area contributed by atoms with E-state index in [-0.39, 0.29) is 44.0 Å². The number of cyclic esters (lactones) is 1. The van der Waals surface area contributed by atoms with Gasteiger partial charge in [0.25, 0.3) is 0 Å². The Hall–Kier alpha value is -3.25. The molecule has 21 atom stereocenters. The number of hydrogen-bond donors (Lipinski definition) is 3. The molecule has 4 rings (SSSR count). The largest absolute Gasteiger partial charge is 0.462 e. The molecule has 20 heteroatoms. The van der Waals surface area contributed by atoms with Crippen LogP contribution in [-0.4, -0.2) is 189 Å². The molecule has 4 heterocycles. The van der Waals surface area contributed by atoms with Crippen LogP contribution >= 0.6 is 0 Å². The third kappa shape index (κ3) is 16.9. The highest BCUT2D eigenvalue weighted by Crippen LogP contribution is 2.39. The fourth-order valence-electron chi connectivity index (χ4n) is 10.6. The van der Waals surface area contributed by atoms with Gasteiger partial charge in [-0.25, -0.2) is 0 Å². The van der Waals surface area contributed by atoms with Gasteiger partial charge in [-0.05, 0) is 79.5 Å². The molecule has 4 aliphatic rings. The normalized spacial score (nSPS) is 41.6. The maximum atomic E-state index is 14.2. The van der Waals surface area contributed by atoms with Gasteiger partial charge in [-0.3, -0.25) is 19.2 Å². The Bertz CT molecular complexity index is 1860. The second-order valence-electron chi connectivity index (χ2n) is 21.4. The Morgan fingerprint density at radius 3 is 2.12 bits per heavy atom. The zero-order valence-corrected chi connectivity index (χ0v) is 45.7. The van der Waals surface area contributed by atoms with E-state index in [0.717, 1.165) is 0 Å². The van der Waals surface area contributed by atoms with Gasteiger partial charge in [-0.2, -0.15) is 0 Å². The number of carbonyl (C=O) groups is 5. The van der Waals surface area contributed by atoms with Crippen molar-refractivity contribution in [3.8, 4) is 0 Å². The van der Waals surface area contributed by atoms with Gasteiger partial charge in [-0.1, -0.05) is 52.3 Å². The summed E-state index contributed by atoms with van der Waals surface area (Å²) in [6, 6.07) is -0.809. The highest BCUT2D eigenvalue weighted by Gasteiger charge is 2.53. The molecule has 0 amide bonds. The Labute approximate surface area is 432 Å². The van der Waals surface area contributed by atoms with Gasteiger partial charge in [0.2, 0.25) is 0 Å². The molecule has 20 nitrogen and oxygen atoms in total. The van der Waals surface area contributed by atoms with Gasteiger partial charge >= 0.3 is 17.9 Å². The van der Waals surface area contributed by atoms with Crippen LogP contribution in [0, 0.1) is 29.6 Å². The summed E-state index contributed by atoms with van der Waals surface area (Å²) >= 11 is 0. The van der Waals surface area contributed by atoms with E-state index < -0.39 is 152 Å². The Balaban J connectivity index is 1.66. The fourth-order valence-corrected chi connectivity index (χ4v) is 10.6. The van der Waals surface area contributed by atoms with Crippen molar-refractivity contribution in [2.24, 2.45) is 29.6 Å². The summed E-state index contributed by atoms with van der Waals surface area (Å²) in [5.74, 6) is -4.87. The predicted molar refractivity (Wildman–Crippen MR) is 263 cm³/mol. The van der Waals surface area contributed by atoms with Crippen LogP contribution in [0.5, 0.6) is 0 Å². The molecule has 1 unspecified atom stereocenters. The minimum Gasteiger partial charge on any atom is -0.462 e. The number of rotatable bonds is 17. The topological polar surface area (TPSA) is 251 Å². The van der Waals surface area contributed by atoms with E-state index in [9.17, 15) is 39.3 Å². The quantitative estimate of drug-likeness (QED) is 0.106. The molecule has 4 aliphatic heterocycles. The molecule has 0 saturated carbocycles. The van der Waals surface area contributed by atoms with Crippen LogP contribution in [0.25, 0.3) is 0 Å². The zero-order valence-electron chi connectivity index (χ0n) is 45.7. The number of ether oxygens (including phenoxy) is 11. The number of aliphatic hydroxyl groups excluding tert-OH is 2. The second-order valence-corrected chi connectivity index (χ2v) is 21.4. The average Bonchev–Trinajstić information content (AvgIpc) is 3.29. The van der Waals surface area contributed by atoms with Crippen molar-refractivity contribution in [2.45, 2.75) is 218 Å². The van der Waals surface area contributed by atoms with E-state index in [1.54, 1.807) is 73.5 Å². The lowest BCUT2D eigenvalue weighted by Gasteiger charge is -2.50. The molecule has 3 saturated heterocycles. The number of likely N-dealkylation sites (N-methyl/N-ethyl adjacent to an activating group) is 1. The van der Waals surface area contributed by atoms with Gasteiger partial charge in [0.05, 0.1) is 43.5 Å². The summed E-state index contributed by atoms with van der Waals surface area (Å²) in [7, 11) is 6.41. The van der Waals surface area contributed by atoms with Crippen molar-refractivity contribution in [1.29, 1.82) is 0 Å². The maximum Gasteiger partial charge on any atom is 0.309 e. The lowest BCUT2D eigenvalue weighted by atomic mass is 9.79. The Morgan fingerprint density at radius 2 is 1.55 bits per heavy atom. The Kier molecular flexibility index (Phi) is 24.1. The maximum absolute atomic E-state index is 14.2. The van der Waals surface area contributed by atoms with Crippen LogP contribution in [0.15, 0.2) is 23.8 Å². The molecular formula is C53H87NO19. The van der Waals surface area contributed by atoms with E-state index in [0.29, 0.717) is 18.3 Å². The minimum atomic E-state index is -1.53. The van der Waals surface area contributed by atoms with E-state index in [1.807, 2.05) is 26.8 Å². The smallest absolute Gasteiger partial charge is 0.309 e. The average molecular weight is 1040 g/mol. The zero-order chi connectivity index (χ0) is 54.6. The molecule has 0 aromatic heterocycles. The second kappa shape index (κ2) is 28.2. The van der Waals surface area contributed by atoms with Gasteiger partial charge in [0.1, 0.15) is 54.6 Å². The van der Waals surface area contributed by atoms with Crippen LogP contribution in [0.3, 0.4) is 0 Å². The monoisotopic (exact) mass is 1040 g/mol. The lowest BCUT2D eigenvalue weighted by Crippen LogP contribution is -2.65. The third-order valence-electron chi connectivity index (χ3n) is 14.5. The van der Waals surface area contributed by atoms with E-state index >= 15 is 0 Å². The molecule has 73 heavy (non-hydrogen) atoms. The number of esters is 3. The number of nitrogens with zero attached hydrogens (tertiary/aromatic N) is 1. The highest BCUT2D eigenvalue weighted by molar-refractivity contribution is 5.91. The van der Waals surface area contributed by atoms with Crippen LogP contribution in [0.2, 0.25) is 0 Å². The third-order valence-corrected chi connectivity index (χ3v) is 14.5. The molecule has 418 valence electrons. The lowest BCUT2D eigenvalue weighted by molar-refractivity contribution is -0.342.